The zero-order valence-corrected chi connectivity index (χ0v) is 17.9. The lowest BCUT2D eigenvalue weighted by molar-refractivity contribution is 0.274. The molecule has 0 spiro atoms. The monoisotopic (exact) mass is 426 g/mol. The maximum atomic E-state index is 11.6. The minimum atomic E-state index is -0.361. The lowest BCUT2D eigenvalue weighted by Crippen LogP contribution is -1.99. The summed E-state index contributed by atoms with van der Waals surface area (Å²) in [5.41, 5.74) is 4.12. The molecule has 0 bridgehead atoms. The van der Waals surface area contributed by atoms with Crippen LogP contribution in [0, 0.1) is 13.8 Å². The average Bonchev–Trinajstić information content (AvgIpc) is 3.18. The zero-order chi connectivity index (χ0) is 22.1. The van der Waals surface area contributed by atoms with E-state index in [-0.39, 0.29) is 5.63 Å². The van der Waals surface area contributed by atoms with Gasteiger partial charge in [0.05, 0.1) is 0 Å². The molecule has 0 N–H and O–H groups in total. The van der Waals surface area contributed by atoms with E-state index < -0.39 is 0 Å². The smallest absolute Gasteiger partial charge is 0.336 e. The van der Waals surface area contributed by atoms with Crippen LogP contribution in [0.15, 0.2) is 86.4 Å². The first kappa shape index (κ1) is 19.9. The minimum Gasteiger partial charge on any atom is -0.489 e. The Labute approximate surface area is 184 Å². The summed E-state index contributed by atoms with van der Waals surface area (Å²) < 4.78 is 22.8. The third-order valence-electron chi connectivity index (χ3n) is 5.36. The van der Waals surface area contributed by atoms with Gasteiger partial charge in [0.1, 0.15) is 41.6 Å². The Morgan fingerprint density at radius 2 is 1.50 bits per heavy atom. The largest absolute Gasteiger partial charge is 0.489 e. The summed E-state index contributed by atoms with van der Waals surface area (Å²) in [6, 6.07) is 22.9. The van der Waals surface area contributed by atoms with E-state index in [2.05, 4.69) is 13.0 Å². The molecule has 2 heterocycles. The van der Waals surface area contributed by atoms with Gasteiger partial charge >= 0.3 is 5.63 Å². The summed E-state index contributed by atoms with van der Waals surface area (Å²) in [7, 11) is 0. The van der Waals surface area contributed by atoms with Crippen molar-refractivity contribution in [2.45, 2.75) is 27.1 Å². The van der Waals surface area contributed by atoms with Crippen molar-refractivity contribution in [2.24, 2.45) is 0 Å². The second kappa shape index (κ2) is 8.27. The molecule has 5 rings (SSSR count). The number of fused-ring (bicyclic) bond motifs is 2. The van der Waals surface area contributed by atoms with Crippen molar-refractivity contribution in [3.63, 3.8) is 0 Å². The van der Waals surface area contributed by atoms with E-state index in [0.717, 1.165) is 39.0 Å². The van der Waals surface area contributed by atoms with Gasteiger partial charge in [0.2, 0.25) is 0 Å². The molecule has 0 saturated heterocycles. The molecule has 5 nitrogen and oxygen atoms in total. The van der Waals surface area contributed by atoms with Crippen molar-refractivity contribution in [1.82, 2.24) is 0 Å². The van der Waals surface area contributed by atoms with Crippen molar-refractivity contribution in [3.05, 3.63) is 106 Å². The molecule has 0 aliphatic carbocycles. The van der Waals surface area contributed by atoms with Crippen LogP contribution >= 0.6 is 0 Å². The van der Waals surface area contributed by atoms with Gasteiger partial charge in [-0.05, 0) is 67.4 Å². The van der Waals surface area contributed by atoms with E-state index in [1.54, 1.807) is 6.07 Å². The number of ether oxygens (including phenoxy) is 2. The highest BCUT2D eigenvalue weighted by atomic mass is 16.5. The molecule has 32 heavy (non-hydrogen) atoms. The highest BCUT2D eigenvalue weighted by Crippen LogP contribution is 2.24. The Morgan fingerprint density at radius 1 is 0.719 bits per heavy atom. The molecule has 0 atom stereocenters. The van der Waals surface area contributed by atoms with Crippen molar-refractivity contribution >= 4 is 21.9 Å². The SMILES string of the molecule is Cc1ccc2oc(COc3ccc(COc4ccc5c(C)cc(=O)oc5c4)cc3)cc2c1. The first-order chi connectivity index (χ1) is 15.5. The Hall–Kier alpha value is -3.99. The van der Waals surface area contributed by atoms with E-state index in [0.29, 0.717) is 24.5 Å². The Bertz CT molecular complexity index is 1460. The second-order valence-corrected chi connectivity index (χ2v) is 7.88. The molecule has 160 valence electrons. The fourth-order valence-electron chi connectivity index (χ4n) is 3.69. The minimum absolute atomic E-state index is 0.361. The normalized spacial score (nSPS) is 11.2. The number of hydrogen-bond donors (Lipinski definition) is 0. The molecule has 0 aliphatic heterocycles. The van der Waals surface area contributed by atoms with Crippen molar-refractivity contribution in [3.8, 4) is 11.5 Å². The third-order valence-corrected chi connectivity index (χ3v) is 5.36. The van der Waals surface area contributed by atoms with Crippen LogP contribution in [0.2, 0.25) is 0 Å². The van der Waals surface area contributed by atoms with Gasteiger partial charge in [-0.3, -0.25) is 0 Å². The highest BCUT2D eigenvalue weighted by molar-refractivity contribution is 5.81. The molecule has 0 amide bonds. The number of furan rings is 1. The van der Waals surface area contributed by atoms with Crippen LogP contribution < -0.4 is 15.1 Å². The molecule has 0 aliphatic rings. The van der Waals surface area contributed by atoms with E-state index in [9.17, 15) is 4.79 Å². The lowest BCUT2D eigenvalue weighted by atomic mass is 10.1. The molecule has 2 aromatic heterocycles. The van der Waals surface area contributed by atoms with Crippen LogP contribution in [0.25, 0.3) is 21.9 Å². The number of benzene rings is 3. The molecular formula is C27H22O5. The van der Waals surface area contributed by atoms with Crippen LogP contribution in [0.1, 0.15) is 22.5 Å². The Morgan fingerprint density at radius 3 is 2.34 bits per heavy atom. The van der Waals surface area contributed by atoms with Gasteiger partial charge < -0.3 is 18.3 Å². The van der Waals surface area contributed by atoms with Gasteiger partial charge in [0.15, 0.2) is 0 Å². The predicted octanol–water partition coefficient (Wildman–Crippen LogP) is 6.31. The molecule has 0 radical (unpaired) electrons. The summed E-state index contributed by atoms with van der Waals surface area (Å²) in [5.74, 6) is 2.19. The zero-order valence-electron chi connectivity index (χ0n) is 17.9. The Kier molecular flexibility index (Phi) is 5.15. The van der Waals surface area contributed by atoms with E-state index in [1.165, 1.54) is 11.6 Å². The van der Waals surface area contributed by atoms with Crippen LogP contribution in [-0.2, 0) is 13.2 Å². The number of rotatable bonds is 6. The van der Waals surface area contributed by atoms with Crippen LogP contribution in [0.3, 0.4) is 0 Å². The van der Waals surface area contributed by atoms with Crippen LogP contribution in [0.5, 0.6) is 11.5 Å². The summed E-state index contributed by atoms with van der Waals surface area (Å²) >= 11 is 0. The maximum Gasteiger partial charge on any atom is 0.336 e. The van der Waals surface area contributed by atoms with Gasteiger partial charge in [-0.25, -0.2) is 4.79 Å². The molecule has 0 unspecified atom stereocenters. The highest BCUT2D eigenvalue weighted by Gasteiger charge is 2.07. The van der Waals surface area contributed by atoms with Gasteiger partial charge in [0.25, 0.3) is 0 Å². The van der Waals surface area contributed by atoms with Gasteiger partial charge in [-0.2, -0.15) is 0 Å². The summed E-state index contributed by atoms with van der Waals surface area (Å²) in [4.78, 5) is 11.6. The van der Waals surface area contributed by atoms with Crippen LogP contribution in [-0.4, -0.2) is 0 Å². The standard InChI is InChI=1S/C27H22O5/c1-17-3-10-25-20(11-17)13-23(31-25)16-30-21-6-4-19(5-7-21)15-29-22-8-9-24-18(2)12-27(28)32-26(24)14-22/h3-14H,15-16H2,1-2H3. The summed E-state index contributed by atoms with van der Waals surface area (Å²) in [6.07, 6.45) is 0. The molecular weight excluding hydrogens is 404 g/mol. The number of aryl methyl sites for hydroxylation is 2. The van der Waals surface area contributed by atoms with Gasteiger partial charge in [-0.15, -0.1) is 0 Å². The van der Waals surface area contributed by atoms with E-state index in [4.69, 9.17) is 18.3 Å². The van der Waals surface area contributed by atoms with Gasteiger partial charge in [0, 0.05) is 22.9 Å². The second-order valence-electron chi connectivity index (χ2n) is 7.88. The van der Waals surface area contributed by atoms with Crippen molar-refractivity contribution in [1.29, 1.82) is 0 Å². The van der Waals surface area contributed by atoms with Crippen molar-refractivity contribution < 1.29 is 18.3 Å². The average molecular weight is 426 g/mol. The Balaban J connectivity index is 1.21. The van der Waals surface area contributed by atoms with Crippen LogP contribution in [0.4, 0.5) is 0 Å². The molecule has 3 aromatic carbocycles. The first-order valence-electron chi connectivity index (χ1n) is 10.4. The molecule has 5 heteroatoms. The molecule has 5 aromatic rings. The molecule has 0 saturated carbocycles. The number of hydrogen-bond acceptors (Lipinski definition) is 5. The van der Waals surface area contributed by atoms with Gasteiger partial charge in [-0.1, -0.05) is 23.8 Å². The summed E-state index contributed by atoms with van der Waals surface area (Å²) in [6.45, 7) is 4.71. The maximum absolute atomic E-state index is 11.6. The molecule has 0 fully saturated rings. The topological polar surface area (TPSA) is 61.8 Å². The van der Waals surface area contributed by atoms with E-state index >= 15 is 0 Å². The fraction of sp³-hybridized carbons (Fsp3) is 0.148. The quantitative estimate of drug-likeness (QED) is 0.298. The third kappa shape index (κ3) is 4.23. The first-order valence-corrected chi connectivity index (χ1v) is 10.4. The van der Waals surface area contributed by atoms with Crippen molar-refractivity contribution in [2.75, 3.05) is 0 Å². The predicted molar refractivity (Wildman–Crippen MR) is 123 cm³/mol. The summed E-state index contributed by atoms with van der Waals surface area (Å²) in [5, 5.41) is 1.98. The van der Waals surface area contributed by atoms with E-state index in [1.807, 2.05) is 61.5 Å². The lowest BCUT2D eigenvalue weighted by Gasteiger charge is -2.09. The fourth-order valence-corrected chi connectivity index (χ4v) is 3.69.